The molecule has 1 aromatic heterocycles. The van der Waals surface area contributed by atoms with Crippen LogP contribution in [-0.4, -0.2) is 27.5 Å². The number of nitrogens with zero attached hydrogens (tertiary/aromatic N) is 3. The van der Waals surface area contributed by atoms with E-state index < -0.39 is 5.82 Å². The number of carbonyl (C=O) groups is 1. The number of aromatic nitrogens is 2. The number of hydrogen-bond donors (Lipinski definition) is 1. The summed E-state index contributed by atoms with van der Waals surface area (Å²) in [4.78, 5) is 14.2. The monoisotopic (exact) mass is 310 g/mol. The fourth-order valence-corrected chi connectivity index (χ4v) is 2.76. The van der Waals surface area contributed by atoms with Crippen LogP contribution in [0.4, 0.5) is 4.39 Å². The quantitative estimate of drug-likeness (QED) is 0.880. The van der Waals surface area contributed by atoms with Crippen LogP contribution in [0.2, 0.25) is 0 Å². The van der Waals surface area contributed by atoms with Crippen LogP contribution in [0.1, 0.15) is 35.5 Å². The summed E-state index contributed by atoms with van der Waals surface area (Å²) in [5.74, 6) is -0.670. The number of rotatable bonds is 1. The zero-order valence-corrected chi connectivity index (χ0v) is 12.8. The number of nitriles is 1. The number of fused-ring (bicyclic) bond motifs is 1. The first-order valence-electron chi connectivity index (χ1n) is 7.15. The van der Waals surface area contributed by atoms with Crippen molar-refractivity contribution in [1.29, 1.82) is 5.26 Å². The minimum Gasteiger partial charge on any atom is -0.313 e. The summed E-state index contributed by atoms with van der Waals surface area (Å²) in [6.07, 6.45) is 3.21. The van der Waals surface area contributed by atoms with Gasteiger partial charge in [-0.3, -0.25) is 9.89 Å². The number of nitrogens with one attached hydrogen (secondary N) is 1. The van der Waals surface area contributed by atoms with Crippen molar-refractivity contribution in [2.24, 2.45) is 0 Å². The van der Waals surface area contributed by atoms with Crippen molar-refractivity contribution < 1.29 is 9.18 Å². The van der Waals surface area contributed by atoms with Gasteiger partial charge >= 0.3 is 0 Å². The van der Waals surface area contributed by atoms with Crippen LogP contribution in [0.5, 0.6) is 0 Å². The Balaban J connectivity index is 2.04. The molecule has 0 saturated heterocycles. The van der Waals surface area contributed by atoms with Crippen molar-refractivity contribution in [1.82, 2.24) is 15.1 Å². The van der Waals surface area contributed by atoms with Gasteiger partial charge in [-0.15, -0.1) is 0 Å². The van der Waals surface area contributed by atoms with E-state index >= 15 is 0 Å². The van der Waals surface area contributed by atoms with E-state index in [9.17, 15) is 14.4 Å². The first-order chi connectivity index (χ1) is 10.9. The molecule has 1 aromatic carbocycles. The second-order valence-corrected chi connectivity index (χ2v) is 6.14. The SMILES string of the molecule is CC1(C)CN(C(=O)c2ccc(F)cc2)C=C(C#N)c2[nH]ncc21. The number of aromatic amines is 1. The Morgan fingerprint density at radius 3 is 2.74 bits per heavy atom. The van der Waals surface area contributed by atoms with Gasteiger partial charge in [-0.1, -0.05) is 13.8 Å². The molecule has 0 aliphatic carbocycles. The highest BCUT2D eigenvalue weighted by atomic mass is 19.1. The van der Waals surface area contributed by atoms with Gasteiger partial charge in [-0.2, -0.15) is 10.4 Å². The molecule has 1 N–H and O–H groups in total. The summed E-state index contributed by atoms with van der Waals surface area (Å²) in [5, 5.41) is 16.3. The number of amides is 1. The lowest BCUT2D eigenvalue weighted by molar-refractivity contribution is 0.0801. The van der Waals surface area contributed by atoms with Crippen LogP contribution in [0.25, 0.3) is 5.57 Å². The number of benzene rings is 1. The summed E-state index contributed by atoms with van der Waals surface area (Å²) < 4.78 is 13.0. The van der Waals surface area contributed by atoms with Crippen LogP contribution in [0.3, 0.4) is 0 Å². The van der Waals surface area contributed by atoms with Crippen LogP contribution < -0.4 is 0 Å². The Labute approximate surface area is 133 Å². The van der Waals surface area contributed by atoms with E-state index in [1.807, 2.05) is 13.8 Å². The maximum Gasteiger partial charge on any atom is 0.257 e. The average molecular weight is 310 g/mol. The average Bonchev–Trinajstić information content (AvgIpc) is 2.98. The topological polar surface area (TPSA) is 72.8 Å². The van der Waals surface area contributed by atoms with Crippen LogP contribution in [0.15, 0.2) is 36.7 Å². The van der Waals surface area contributed by atoms with Gasteiger partial charge in [0.15, 0.2) is 0 Å². The van der Waals surface area contributed by atoms with Crippen molar-refractivity contribution in [2.75, 3.05) is 6.54 Å². The summed E-state index contributed by atoms with van der Waals surface area (Å²) in [6, 6.07) is 7.48. The highest BCUT2D eigenvalue weighted by Gasteiger charge is 2.33. The molecular weight excluding hydrogens is 295 g/mol. The van der Waals surface area contributed by atoms with Crippen molar-refractivity contribution in [2.45, 2.75) is 19.3 Å². The lowest BCUT2D eigenvalue weighted by Gasteiger charge is -2.28. The molecule has 0 bridgehead atoms. The van der Waals surface area contributed by atoms with Crippen LogP contribution in [0, 0.1) is 17.1 Å². The molecule has 23 heavy (non-hydrogen) atoms. The maximum absolute atomic E-state index is 13.0. The summed E-state index contributed by atoms with van der Waals surface area (Å²) in [5.41, 5.74) is 1.86. The molecule has 5 nitrogen and oxygen atoms in total. The number of hydrogen-bond acceptors (Lipinski definition) is 3. The molecule has 0 unspecified atom stereocenters. The molecule has 1 aliphatic rings. The van der Waals surface area contributed by atoms with E-state index in [4.69, 9.17) is 0 Å². The Morgan fingerprint density at radius 1 is 1.39 bits per heavy atom. The molecule has 0 atom stereocenters. The molecule has 2 aromatic rings. The Morgan fingerprint density at radius 2 is 2.09 bits per heavy atom. The molecule has 0 saturated carbocycles. The maximum atomic E-state index is 13.0. The van der Waals surface area contributed by atoms with Gasteiger partial charge in [-0.25, -0.2) is 4.39 Å². The first kappa shape index (κ1) is 15.0. The molecule has 0 fully saturated rings. The van der Waals surface area contributed by atoms with Crippen LogP contribution >= 0.6 is 0 Å². The van der Waals surface area contributed by atoms with Gasteiger partial charge < -0.3 is 4.90 Å². The minimum absolute atomic E-state index is 0.274. The predicted octanol–water partition coefficient (Wildman–Crippen LogP) is 2.85. The third-order valence-corrected chi connectivity index (χ3v) is 3.96. The molecule has 0 radical (unpaired) electrons. The summed E-state index contributed by atoms with van der Waals surface area (Å²) in [7, 11) is 0. The largest absolute Gasteiger partial charge is 0.313 e. The van der Waals surface area contributed by atoms with E-state index in [1.165, 1.54) is 35.4 Å². The summed E-state index contributed by atoms with van der Waals surface area (Å²) in [6.45, 7) is 4.36. The Bertz CT molecular complexity index is 827. The lowest BCUT2D eigenvalue weighted by atomic mass is 9.84. The molecule has 1 amide bonds. The van der Waals surface area contributed by atoms with E-state index in [1.54, 1.807) is 6.20 Å². The number of H-pyrrole nitrogens is 1. The van der Waals surface area contributed by atoms with E-state index in [2.05, 4.69) is 16.3 Å². The minimum atomic E-state index is -0.396. The van der Waals surface area contributed by atoms with Gasteiger partial charge in [0.1, 0.15) is 11.9 Å². The normalized spacial score (nSPS) is 16.1. The highest BCUT2D eigenvalue weighted by molar-refractivity contribution is 5.96. The van der Waals surface area contributed by atoms with Crippen molar-refractivity contribution in [3.05, 3.63) is 59.3 Å². The zero-order valence-electron chi connectivity index (χ0n) is 12.8. The van der Waals surface area contributed by atoms with E-state index in [0.717, 1.165) is 5.56 Å². The fourth-order valence-electron chi connectivity index (χ4n) is 2.76. The Hall–Kier alpha value is -2.94. The zero-order chi connectivity index (χ0) is 16.6. The molecule has 3 rings (SSSR count). The third kappa shape index (κ3) is 2.61. The number of carbonyl (C=O) groups excluding carboxylic acids is 1. The predicted molar refractivity (Wildman–Crippen MR) is 82.6 cm³/mol. The van der Waals surface area contributed by atoms with Crippen molar-refractivity contribution in [3.8, 4) is 6.07 Å². The standard InChI is InChI=1S/C17H15FN4O/c1-17(2)10-22(16(23)11-3-5-13(18)6-4-11)9-12(7-19)15-14(17)8-20-21-15/h3-6,8-9H,10H2,1-2H3,(H,20,21). The van der Waals surface area contributed by atoms with E-state index in [-0.39, 0.29) is 11.3 Å². The fraction of sp³-hybridized carbons (Fsp3) is 0.235. The lowest BCUT2D eigenvalue weighted by Crippen LogP contribution is -2.36. The molecule has 116 valence electrons. The first-order valence-corrected chi connectivity index (χ1v) is 7.15. The molecular formula is C17H15FN4O. The van der Waals surface area contributed by atoms with Gasteiger partial charge in [0.25, 0.3) is 5.91 Å². The third-order valence-electron chi connectivity index (χ3n) is 3.96. The van der Waals surface area contributed by atoms with Gasteiger partial charge in [0.05, 0.1) is 17.5 Å². The second-order valence-electron chi connectivity index (χ2n) is 6.14. The van der Waals surface area contributed by atoms with Crippen LogP contribution in [-0.2, 0) is 5.41 Å². The number of halogens is 1. The molecule has 0 spiro atoms. The van der Waals surface area contributed by atoms with Gasteiger partial charge in [0.2, 0.25) is 0 Å². The molecule has 6 heteroatoms. The van der Waals surface area contributed by atoms with E-state index in [0.29, 0.717) is 23.4 Å². The molecule has 1 aliphatic heterocycles. The molecule has 2 heterocycles. The van der Waals surface area contributed by atoms with Gasteiger partial charge in [0, 0.05) is 29.3 Å². The van der Waals surface area contributed by atoms with Gasteiger partial charge in [-0.05, 0) is 24.3 Å². The Kier molecular flexibility index (Phi) is 3.49. The summed E-state index contributed by atoms with van der Waals surface area (Å²) >= 11 is 0. The highest BCUT2D eigenvalue weighted by Crippen LogP contribution is 2.33. The smallest absolute Gasteiger partial charge is 0.257 e. The van der Waals surface area contributed by atoms with Crippen molar-refractivity contribution in [3.63, 3.8) is 0 Å². The van der Waals surface area contributed by atoms with Crippen molar-refractivity contribution >= 4 is 11.5 Å². The second kappa shape index (κ2) is 5.36. The number of allylic oxidation sites excluding steroid dienone is 1.